The van der Waals surface area contributed by atoms with E-state index in [0.717, 1.165) is 28.0 Å². The summed E-state index contributed by atoms with van der Waals surface area (Å²) in [4.78, 5) is 8.95. The van der Waals surface area contributed by atoms with E-state index in [1.807, 2.05) is 36.5 Å². The predicted octanol–water partition coefficient (Wildman–Crippen LogP) is 3.84. The molecule has 5 heteroatoms. The molecule has 0 bridgehead atoms. The molecule has 0 saturated carbocycles. The quantitative estimate of drug-likeness (QED) is 0.621. The average Bonchev–Trinajstić information content (AvgIpc) is 3.14. The van der Waals surface area contributed by atoms with Gasteiger partial charge in [-0.2, -0.15) is 0 Å². The van der Waals surface area contributed by atoms with Gasteiger partial charge in [-0.3, -0.25) is 4.98 Å². The van der Waals surface area contributed by atoms with Crippen LogP contribution in [0.25, 0.3) is 10.9 Å². The van der Waals surface area contributed by atoms with E-state index in [1.165, 1.54) is 5.56 Å². The number of aromatic hydroxyl groups is 1. The van der Waals surface area contributed by atoms with Gasteiger partial charge in [-0.25, -0.2) is 4.98 Å². The van der Waals surface area contributed by atoms with E-state index in [2.05, 4.69) is 27.5 Å². The SMILES string of the molecule is Oc1c2cccnc2cn1Cc1csc(Cc2ccccc2)n1. The van der Waals surface area contributed by atoms with Crippen LogP contribution in [-0.2, 0) is 13.0 Å². The monoisotopic (exact) mass is 321 g/mol. The molecule has 1 aromatic carbocycles. The normalized spacial score (nSPS) is 11.1. The zero-order chi connectivity index (χ0) is 15.6. The van der Waals surface area contributed by atoms with Crippen LogP contribution in [0.5, 0.6) is 5.88 Å². The Labute approximate surface area is 137 Å². The third kappa shape index (κ3) is 2.83. The van der Waals surface area contributed by atoms with Crippen molar-refractivity contribution in [3.63, 3.8) is 0 Å². The zero-order valence-corrected chi connectivity index (χ0v) is 13.2. The summed E-state index contributed by atoms with van der Waals surface area (Å²) in [6.45, 7) is 0.549. The smallest absolute Gasteiger partial charge is 0.201 e. The van der Waals surface area contributed by atoms with Gasteiger partial charge in [0.05, 0.1) is 28.1 Å². The maximum absolute atomic E-state index is 10.3. The molecule has 0 atom stereocenters. The zero-order valence-electron chi connectivity index (χ0n) is 12.4. The number of pyridine rings is 1. The van der Waals surface area contributed by atoms with E-state index >= 15 is 0 Å². The summed E-state index contributed by atoms with van der Waals surface area (Å²) in [5.41, 5.74) is 3.01. The average molecular weight is 321 g/mol. The summed E-state index contributed by atoms with van der Waals surface area (Å²) in [6.07, 6.45) is 4.43. The van der Waals surface area contributed by atoms with Gasteiger partial charge in [0.2, 0.25) is 5.88 Å². The van der Waals surface area contributed by atoms with Crippen molar-refractivity contribution < 1.29 is 5.11 Å². The molecule has 4 nitrogen and oxygen atoms in total. The largest absolute Gasteiger partial charge is 0.494 e. The van der Waals surface area contributed by atoms with Gasteiger partial charge in [-0.15, -0.1) is 11.3 Å². The maximum atomic E-state index is 10.3. The van der Waals surface area contributed by atoms with Crippen molar-refractivity contribution in [3.8, 4) is 5.88 Å². The lowest BCUT2D eigenvalue weighted by molar-refractivity contribution is 0.429. The summed E-state index contributed by atoms with van der Waals surface area (Å²) in [5, 5.41) is 14.2. The van der Waals surface area contributed by atoms with E-state index in [4.69, 9.17) is 0 Å². The molecule has 114 valence electrons. The number of benzene rings is 1. The molecule has 3 heterocycles. The topological polar surface area (TPSA) is 50.9 Å². The van der Waals surface area contributed by atoms with Crippen LogP contribution in [0, 0.1) is 0 Å². The Hall–Kier alpha value is -2.66. The molecule has 4 rings (SSSR count). The van der Waals surface area contributed by atoms with Crippen LogP contribution in [0.1, 0.15) is 16.3 Å². The van der Waals surface area contributed by atoms with Crippen molar-refractivity contribution in [1.82, 2.24) is 14.5 Å². The van der Waals surface area contributed by atoms with Crippen LogP contribution in [-0.4, -0.2) is 19.6 Å². The van der Waals surface area contributed by atoms with Crippen molar-refractivity contribution >= 4 is 22.2 Å². The first kappa shape index (κ1) is 14.0. The molecular weight excluding hydrogens is 306 g/mol. The van der Waals surface area contributed by atoms with E-state index in [9.17, 15) is 5.11 Å². The number of hydrogen-bond acceptors (Lipinski definition) is 4. The number of hydrogen-bond donors (Lipinski definition) is 1. The van der Waals surface area contributed by atoms with Gasteiger partial charge in [-0.05, 0) is 17.7 Å². The summed E-state index contributed by atoms with van der Waals surface area (Å²) in [6, 6.07) is 14.0. The summed E-state index contributed by atoms with van der Waals surface area (Å²) in [7, 11) is 0. The molecule has 0 radical (unpaired) electrons. The van der Waals surface area contributed by atoms with Gasteiger partial charge in [0.25, 0.3) is 0 Å². The van der Waals surface area contributed by atoms with Crippen molar-refractivity contribution in [3.05, 3.63) is 76.5 Å². The number of thiazole rings is 1. The Morgan fingerprint density at radius 1 is 1.09 bits per heavy atom. The Kier molecular flexibility index (Phi) is 3.55. The molecule has 0 amide bonds. The molecule has 0 aliphatic rings. The molecule has 0 unspecified atom stereocenters. The fraction of sp³-hybridized carbons (Fsp3) is 0.111. The lowest BCUT2D eigenvalue weighted by Gasteiger charge is -2.01. The van der Waals surface area contributed by atoms with Crippen LogP contribution in [0.15, 0.2) is 60.2 Å². The first-order valence-corrected chi connectivity index (χ1v) is 8.27. The second-order valence-electron chi connectivity index (χ2n) is 5.41. The third-order valence-electron chi connectivity index (χ3n) is 3.76. The highest BCUT2D eigenvalue weighted by Crippen LogP contribution is 2.26. The van der Waals surface area contributed by atoms with Gasteiger partial charge in [-0.1, -0.05) is 30.3 Å². The lowest BCUT2D eigenvalue weighted by Crippen LogP contribution is -1.98. The lowest BCUT2D eigenvalue weighted by atomic mass is 10.2. The van der Waals surface area contributed by atoms with Gasteiger partial charge >= 0.3 is 0 Å². The minimum Gasteiger partial charge on any atom is -0.494 e. The first-order valence-electron chi connectivity index (χ1n) is 7.39. The van der Waals surface area contributed by atoms with E-state index in [0.29, 0.717) is 6.54 Å². The standard InChI is InChI=1S/C18H15N3OS/c22-18-15-7-4-8-19-16(15)11-21(18)10-14-12-23-17(20-14)9-13-5-2-1-3-6-13/h1-8,11-12,22H,9-10H2. The Morgan fingerprint density at radius 3 is 2.78 bits per heavy atom. The molecule has 4 aromatic rings. The van der Waals surface area contributed by atoms with Gasteiger partial charge in [0, 0.05) is 24.2 Å². The number of rotatable bonds is 4. The van der Waals surface area contributed by atoms with E-state index in [-0.39, 0.29) is 5.88 Å². The first-order chi connectivity index (χ1) is 11.3. The highest BCUT2D eigenvalue weighted by Gasteiger charge is 2.10. The second kappa shape index (κ2) is 5.85. The molecule has 1 N–H and O–H groups in total. The fourth-order valence-electron chi connectivity index (χ4n) is 2.64. The Bertz CT molecular complexity index is 943. The van der Waals surface area contributed by atoms with Crippen molar-refractivity contribution in [2.24, 2.45) is 0 Å². The fourth-order valence-corrected chi connectivity index (χ4v) is 3.46. The molecule has 0 fully saturated rings. The summed E-state index contributed by atoms with van der Waals surface area (Å²) in [5.74, 6) is 0.241. The molecular formula is C18H15N3OS. The van der Waals surface area contributed by atoms with Crippen molar-refractivity contribution in [1.29, 1.82) is 0 Å². The predicted molar refractivity (Wildman–Crippen MR) is 91.9 cm³/mol. The van der Waals surface area contributed by atoms with Crippen LogP contribution in [0.4, 0.5) is 0 Å². The maximum Gasteiger partial charge on any atom is 0.201 e. The van der Waals surface area contributed by atoms with Gasteiger partial charge in [0.1, 0.15) is 0 Å². The van der Waals surface area contributed by atoms with Crippen LogP contribution in [0.2, 0.25) is 0 Å². The minimum atomic E-state index is 0.241. The Morgan fingerprint density at radius 2 is 1.96 bits per heavy atom. The Balaban J connectivity index is 1.56. The minimum absolute atomic E-state index is 0.241. The molecule has 0 spiro atoms. The van der Waals surface area contributed by atoms with Crippen molar-refractivity contribution in [2.75, 3.05) is 0 Å². The molecule has 3 aromatic heterocycles. The van der Waals surface area contributed by atoms with Crippen LogP contribution < -0.4 is 0 Å². The number of fused-ring (bicyclic) bond motifs is 1. The van der Waals surface area contributed by atoms with Gasteiger partial charge in [0.15, 0.2) is 0 Å². The number of nitrogens with zero attached hydrogens (tertiary/aromatic N) is 3. The molecule has 0 aliphatic carbocycles. The summed E-state index contributed by atoms with van der Waals surface area (Å²) >= 11 is 1.65. The third-order valence-corrected chi connectivity index (χ3v) is 4.66. The molecule has 23 heavy (non-hydrogen) atoms. The molecule has 0 aliphatic heterocycles. The number of aromatic nitrogens is 3. The van der Waals surface area contributed by atoms with Crippen LogP contribution in [0.3, 0.4) is 0 Å². The van der Waals surface area contributed by atoms with E-state index in [1.54, 1.807) is 22.1 Å². The van der Waals surface area contributed by atoms with Crippen molar-refractivity contribution in [2.45, 2.75) is 13.0 Å². The second-order valence-corrected chi connectivity index (χ2v) is 6.35. The van der Waals surface area contributed by atoms with E-state index < -0.39 is 0 Å². The molecule has 0 saturated heterocycles. The highest BCUT2D eigenvalue weighted by atomic mass is 32.1. The van der Waals surface area contributed by atoms with Crippen LogP contribution >= 0.6 is 11.3 Å². The summed E-state index contributed by atoms with van der Waals surface area (Å²) < 4.78 is 1.79. The highest BCUT2D eigenvalue weighted by molar-refractivity contribution is 7.09. The van der Waals surface area contributed by atoms with Gasteiger partial charge < -0.3 is 9.67 Å².